The number of rotatable bonds is 24. The van der Waals surface area contributed by atoms with Gasteiger partial charge in [0, 0.05) is 0 Å². The van der Waals surface area contributed by atoms with Gasteiger partial charge in [-0.3, -0.25) is 19.2 Å². The van der Waals surface area contributed by atoms with E-state index < -0.39 is 50.3 Å². The first kappa shape index (κ1) is 40.3. The fourth-order valence-corrected chi connectivity index (χ4v) is 4.62. The highest BCUT2D eigenvalue weighted by atomic mass is 32.1. The molecule has 4 unspecified atom stereocenters. The third-order valence-electron chi connectivity index (χ3n) is 6.50. The lowest BCUT2D eigenvalue weighted by Gasteiger charge is -2.33. The van der Waals surface area contributed by atoms with Crippen molar-refractivity contribution in [3.8, 4) is 0 Å². The molecule has 0 aliphatic rings. The van der Waals surface area contributed by atoms with Gasteiger partial charge in [-0.15, -0.1) is 0 Å². The number of thiol groups is 4. The summed E-state index contributed by atoms with van der Waals surface area (Å²) in [5, 5.41) is -2.60. The molecule has 0 amide bonds. The van der Waals surface area contributed by atoms with Crippen molar-refractivity contribution in [2.24, 2.45) is 5.41 Å². The Balaban J connectivity index is 5.95. The summed E-state index contributed by atoms with van der Waals surface area (Å²) in [6.45, 7) is 6.73. The zero-order chi connectivity index (χ0) is 31.3. The Morgan fingerprint density at radius 1 is 0.463 bits per heavy atom. The van der Waals surface area contributed by atoms with Crippen LogP contribution in [0.5, 0.6) is 0 Å². The zero-order valence-corrected chi connectivity index (χ0v) is 28.8. The van der Waals surface area contributed by atoms with Crippen LogP contribution in [0.2, 0.25) is 0 Å². The normalized spacial score (nSPS) is 15.6. The van der Waals surface area contributed by atoms with Crippen molar-refractivity contribution in [2.45, 2.75) is 126 Å². The average molecular weight is 657 g/mol. The molecule has 0 saturated carbocycles. The van der Waals surface area contributed by atoms with Crippen LogP contribution in [0.1, 0.15) is 105 Å². The monoisotopic (exact) mass is 656 g/mol. The Labute approximate surface area is 269 Å². The maximum absolute atomic E-state index is 12.7. The van der Waals surface area contributed by atoms with Crippen LogP contribution in [0, 0.1) is 5.41 Å². The van der Waals surface area contributed by atoms with Crippen molar-refractivity contribution in [3.05, 3.63) is 0 Å². The lowest BCUT2D eigenvalue weighted by atomic mass is 9.92. The van der Waals surface area contributed by atoms with Gasteiger partial charge < -0.3 is 18.9 Å². The molecule has 0 aromatic rings. The van der Waals surface area contributed by atoms with Crippen LogP contribution in [-0.4, -0.2) is 71.3 Å². The number of hydrogen-bond acceptors (Lipinski definition) is 12. The van der Waals surface area contributed by atoms with E-state index in [1.807, 2.05) is 27.7 Å². The Hall–Kier alpha value is -0.720. The SMILES string of the molecule is CCCCC(S)C(=O)OCC(COC(=O)C(S)CCCC)(COC(=O)C(S)CCCC)COC(=O)C(S)CCCC. The van der Waals surface area contributed by atoms with Gasteiger partial charge in [-0.1, -0.05) is 79.1 Å². The van der Waals surface area contributed by atoms with Crippen LogP contribution in [-0.2, 0) is 38.1 Å². The van der Waals surface area contributed by atoms with Crippen molar-refractivity contribution >= 4 is 74.4 Å². The summed E-state index contributed by atoms with van der Waals surface area (Å²) in [6.07, 6.45) is 8.87. The van der Waals surface area contributed by atoms with E-state index in [1.54, 1.807) is 0 Å². The molecule has 0 saturated heterocycles. The molecule has 12 heteroatoms. The molecule has 0 N–H and O–H groups in total. The van der Waals surface area contributed by atoms with E-state index in [9.17, 15) is 19.2 Å². The number of carbonyl (C=O) groups excluding carboxylic acids is 4. The van der Waals surface area contributed by atoms with Crippen LogP contribution in [0.4, 0.5) is 0 Å². The van der Waals surface area contributed by atoms with Gasteiger partial charge in [0.1, 0.15) is 31.8 Å². The fraction of sp³-hybridized carbons (Fsp3) is 0.862. The molecule has 240 valence electrons. The lowest BCUT2D eigenvalue weighted by Crippen LogP contribution is -2.45. The van der Waals surface area contributed by atoms with Gasteiger partial charge in [0.2, 0.25) is 0 Å². The molecule has 0 bridgehead atoms. The van der Waals surface area contributed by atoms with Crippen LogP contribution in [0.25, 0.3) is 0 Å². The summed E-state index contributed by atoms with van der Waals surface area (Å²) in [6, 6.07) is 0. The first-order chi connectivity index (χ1) is 19.5. The molecule has 0 aromatic heterocycles. The molecule has 0 aliphatic heterocycles. The largest absolute Gasteiger partial charge is 0.464 e. The van der Waals surface area contributed by atoms with E-state index in [0.29, 0.717) is 25.7 Å². The number of unbranched alkanes of at least 4 members (excludes halogenated alkanes) is 4. The summed E-state index contributed by atoms with van der Waals surface area (Å²) in [4.78, 5) is 50.9. The second-order valence-corrected chi connectivity index (χ2v) is 13.1. The maximum Gasteiger partial charge on any atom is 0.318 e. The molecule has 0 aromatic carbocycles. The Morgan fingerprint density at radius 3 is 0.829 bits per heavy atom. The van der Waals surface area contributed by atoms with Gasteiger partial charge in [-0.05, 0) is 25.7 Å². The van der Waals surface area contributed by atoms with Crippen molar-refractivity contribution in [1.29, 1.82) is 0 Å². The second kappa shape index (κ2) is 23.7. The predicted molar refractivity (Wildman–Crippen MR) is 175 cm³/mol. The Morgan fingerprint density at radius 2 is 0.659 bits per heavy atom. The minimum atomic E-state index is -1.36. The summed E-state index contributed by atoms with van der Waals surface area (Å²) < 4.78 is 22.4. The minimum Gasteiger partial charge on any atom is -0.464 e. The van der Waals surface area contributed by atoms with Gasteiger partial charge in [-0.25, -0.2) is 0 Å². The van der Waals surface area contributed by atoms with Crippen LogP contribution in [0.3, 0.4) is 0 Å². The van der Waals surface area contributed by atoms with Gasteiger partial charge >= 0.3 is 23.9 Å². The van der Waals surface area contributed by atoms with Crippen LogP contribution < -0.4 is 0 Å². The molecule has 0 spiro atoms. The van der Waals surface area contributed by atoms with Gasteiger partial charge in [0.25, 0.3) is 0 Å². The summed E-state index contributed by atoms with van der Waals surface area (Å²) in [5.74, 6) is -2.24. The van der Waals surface area contributed by atoms with E-state index in [1.165, 1.54) is 0 Å². The first-order valence-electron chi connectivity index (χ1n) is 14.9. The standard InChI is InChI=1S/C29H52O8S4/c1-5-9-13-21(38)25(30)34-17-29(18-35-26(31)22(39)14-10-6-2,19-36-27(32)23(40)15-11-7-3)20-37-28(33)24(41)16-12-8-4/h21-24,38-41H,5-20H2,1-4H3. The first-order valence-corrected chi connectivity index (χ1v) is 16.9. The van der Waals surface area contributed by atoms with Crippen molar-refractivity contribution in [3.63, 3.8) is 0 Å². The molecular weight excluding hydrogens is 605 g/mol. The molecule has 41 heavy (non-hydrogen) atoms. The molecule has 0 rings (SSSR count). The van der Waals surface area contributed by atoms with E-state index in [4.69, 9.17) is 18.9 Å². The predicted octanol–water partition coefficient (Wildman–Crippen LogP) is 6.10. The highest BCUT2D eigenvalue weighted by Gasteiger charge is 2.39. The van der Waals surface area contributed by atoms with Crippen molar-refractivity contribution < 1.29 is 38.1 Å². The lowest BCUT2D eigenvalue weighted by molar-refractivity contribution is -0.170. The Bertz CT molecular complexity index is 642. The van der Waals surface area contributed by atoms with Gasteiger partial charge in [0.05, 0.1) is 21.0 Å². The van der Waals surface area contributed by atoms with Gasteiger partial charge in [-0.2, -0.15) is 50.5 Å². The molecule has 0 radical (unpaired) electrons. The number of hydrogen-bond donors (Lipinski definition) is 4. The molecule has 0 fully saturated rings. The molecule has 0 aliphatic carbocycles. The van der Waals surface area contributed by atoms with Crippen LogP contribution >= 0.6 is 50.5 Å². The second-order valence-electron chi connectivity index (χ2n) is 10.6. The molecule has 0 heterocycles. The summed E-state index contributed by atoms with van der Waals surface area (Å²) in [7, 11) is 0. The quantitative estimate of drug-likeness (QED) is 0.0562. The Kier molecular flexibility index (Phi) is 23.3. The highest BCUT2D eigenvalue weighted by molar-refractivity contribution is 7.82. The topological polar surface area (TPSA) is 105 Å². The number of ether oxygens (including phenoxy) is 4. The van der Waals surface area contributed by atoms with E-state index in [2.05, 4.69) is 50.5 Å². The molecular formula is C29H52O8S4. The summed E-state index contributed by atoms with van der Waals surface area (Å²) in [5.41, 5.74) is -1.36. The number of carbonyl (C=O) groups is 4. The average Bonchev–Trinajstić information content (AvgIpc) is 2.98. The van der Waals surface area contributed by atoms with E-state index in [0.717, 1.165) is 51.4 Å². The third-order valence-corrected chi connectivity index (χ3v) is 8.37. The maximum atomic E-state index is 12.7. The summed E-state index contributed by atoms with van der Waals surface area (Å²) >= 11 is 17.4. The fourth-order valence-electron chi connectivity index (χ4n) is 3.59. The zero-order valence-electron chi connectivity index (χ0n) is 25.2. The van der Waals surface area contributed by atoms with Crippen molar-refractivity contribution in [1.82, 2.24) is 0 Å². The smallest absolute Gasteiger partial charge is 0.318 e. The van der Waals surface area contributed by atoms with Crippen molar-refractivity contribution in [2.75, 3.05) is 26.4 Å². The third kappa shape index (κ3) is 17.9. The van der Waals surface area contributed by atoms with Gasteiger partial charge in [0.15, 0.2) is 0 Å². The van der Waals surface area contributed by atoms with E-state index >= 15 is 0 Å². The number of esters is 4. The molecule has 8 nitrogen and oxygen atoms in total. The van der Waals surface area contributed by atoms with Crippen LogP contribution in [0.15, 0.2) is 0 Å². The minimum absolute atomic E-state index is 0.326. The molecule has 4 atom stereocenters. The van der Waals surface area contributed by atoms with E-state index in [-0.39, 0.29) is 26.4 Å². The highest BCUT2D eigenvalue weighted by Crippen LogP contribution is 2.25.